The van der Waals surface area contributed by atoms with Gasteiger partial charge in [-0.05, 0) is 51.8 Å². The summed E-state index contributed by atoms with van der Waals surface area (Å²) in [4.78, 5) is 11.3. The summed E-state index contributed by atoms with van der Waals surface area (Å²) in [7, 11) is 0. The number of carbonyl (C=O) groups excluding carboxylic acids is 1. The van der Waals surface area contributed by atoms with Crippen molar-refractivity contribution in [3.63, 3.8) is 0 Å². The predicted octanol–water partition coefficient (Wildman–Crippen LogP) is 3.53. The van der Waals surface area contributed by atoms with Crippen molar-refractivity contribution < 1.29 is 13.9 Å². The fraction of sp³-hybridized carbons (Fsp3) is 0.133. The molecule has 2 aromatic carbocycles. The Kier molecular flexibility index (Phi) is 3.79. The van der Waals surface area contributed by atoms with Crippen LogP contribution in [0, 0.1) is 5.82 Å². The number of carbonyl (C=O) groups is 1. The third kappa shape index (κ3) is 3.16. The Balaban J connectivity index is 1.75. The molecule has 0 saturated carbocycles. The Hall–Kier alpha value is -2.08. The maximum Gasteiger partial charge on any atom is 0.262 e. The summed E-state index contributed by atoms with van der Waals surface area (Å²) in [5.41, 5.74) is 2.28. The molecule has 2 N–H and O–H groups in total. The monoisotopic (exact) mass is 350 g/mol. The minimum atomic E-state index is -0.299. The summed E-state index contributed by atoms with van der Waals surface area (Å²) in [5, 5.41) is 5.91. The first-order valence-corrected chi connectivity index (χ1v) is 7.15. The number of nitrogens with one attached hydrogen (secondary N) is 2. The number of benzene rings is 2. The molecule has 3 rings (SSSR count). The molecule has 0 bridgehead atoms. The largest absolute Gasteiger partial charge is 0.482 e. The number of halogens is 2. The van der Waals surface area contributed by atoms with Crippen LogP contribution in [0.15, 0.2) is 40.9 Å². The van der Waals surface area contributed by atoms with E-state index >= 15 is 0 Å². The van der Waals surface area contributed by atoms with Gasteiger partial charge >= 0.3 is 0 Å². The molecule has 108 valence electrons. The lowest BCUT2D eigenvalue weighted by Crippen LogP contribution is -2.25. The van der Waals surface area contributed by atoms with E-state index in [1.54, 1.807) is 6.07 Å². The van der Waals surface area contributed by atoms with Gasteiger partial charge in [0.1, 0.15) is 11.6 Å². The van der Waals surface area contributed by atoms with Crippen LogP contribution in [0.1, 0.15) is 5.56 Å². The van der Waals surface area contributed by atoms with Crippen molar-refractivity contribution in [2.45, 2.75) is 6.54 Å². The smallest absolute Gasteiger partial charge is 0.262 e. The van der Waals surface area contributed by atoms with E-state index in [1.807, 2.05) is 18.2 Å². The zero-order valence-electron chi connectivity index (χ0n) is 11.0. The summed E-state index contributed by atoms with van der Waals surface area (Å²) >= 11 is 3.37. The average Bonchev–Trinajstić information content (AvgIpc) is 2.47. The third-order valence-electron chi connectivity index (χ3n) is 3.09. The fourth-order valence-corrected chi connectivity index (χ4v) is 2.46. The lowest BCUT2D eigenvalue weighted by molar-refractivity contribution is -0.118. The highest BCUT2D eigenvalue weighted by Gasteiger charge is 2.15. The van der Waals surface area contributed by atoms with Gasteiger partial charge in [0.25, 0.3) is 5.91 Å². The lowest BCUT2D eigenvalue weighted by atomic mass is 10.1. The minimum absolute atomic E-state index is 0.0425. The molecule has 1 aliphatic rings. The predicted molar refractivity (Wildman–Crippen MR) is 82.0 cm³/mol. The molecular formula is C15H12BrFN2O2. The molecule has 0 unspecified atom stereocenters. The normalized spacial score (nSPS) is 13.1. The van der Waals surface area contributed by atoms with E-state index in [0.717, 1.165) is 10.0 Å². The fourth-order valence-electron chi connectivity index (χ4n) is 2.07. The van der Waals surface area contributed by atoms with Crippen molar-refractivity contribution in [2.75, 3.05) is 17.2 Å². The molecule has 6 heteroatoms. The van der Waals surface area contributed by atoms with E-state index in [0.29, 0.717) is 23.7 Å². The number of hydrogen-bond donors (Lipinski definition) is 2. The van der Waals surface area contributed by atoms with Crippen LogP contribution in [0.5, 0.6) is 5.75 Å². The van der Waals surface area contributed by atoms with Gasteiger partial charge in [-0.3, -0.25) is 4.79 Å². The van der Waals surface area contributed by atoms with Gasteiger partial charge in [-0.15, -0.1) is 0 Å². The van der Waals surface area contributed by atoms with Crippen LogP contribution in [-0.2, 0) is 11.3 Å². The van der Waals surface area contributed by atoms with E-state index in [2.05, 4.69) is 26.6 Å². The van der Waals surface area contributed by atoms with Gasteiger partial charge in [0, 0.05) is 11.0 Å². The highest BCUT2D eigenvalue weighted by molar-refractivity contribution is 9.10. The van der Waals surface area contributed by atoms with E-state index in [1.165, 1.54) is 12.1 Å². The number of hydrogen-bond acceptors (Lipinski definition) is 3. The molecule has 21 heavy (non-hydrogen) atoms. The summed E-state index contributed by atoms with van der Waals surface area (Å²) < 4.78 is 19.3. The molecule has 4 nitrogen and oxygen atoms in total. The zero-order chi connectivity index (χ0) is 14.8. The molecule has 0 saturated heterocycles. The quantitative estimate of drug-likeness (QED) is 0.890. The number of fused-ring (bicyclic) bond motifs is 1. The molecule has 0 radical (unpaired) electrons. The zero-order valence-corrected chi connectivity index (χ0v) is 12.5. The van der Waals surface area contributed by atoms with Crippen molar-refractivity contribution in [3.8, 4) is 5.75 Å². The Labute approximate surface area is 129 Å². The van der Waals surface area contributed by atoms with E-state index in [-0.39, 0.29) is 18.3 Å². The highest BCUT2D eigenvalue weighted by atomic mass is 79.9. The van der Waals surface area contributed by atoms with E-state index in [4.69, 9.17) is 4.74 Å². The Morgan fingerprint density at radius 3 is 3.00 bits per heavy atom. The Morgan fingerprint density at radius 2 is 2.14 bits per heavy atom. The van der Waals surface area contributed by atoms with Crippen molar-refractivity contribution in [1.82, 2.24) is 0 Å². The van der Waals surface area contributed by atoms with Crippen LogP contribution < -0.4 is 15.4 Å². The molecule has 1 amide bonds. The lowest BCUT2D eigenvalue weighted by Gasteiger charge is -2.18. The van der Waals surface area contributed by atoms with Crippen LogP contribution in [-0.4, -0.2) is 12.5 Å². The first-order valence-electron chi connectivity index (χ1n) is 6.36. The van der Waals surface area contributed by atoms with Gasteiger partial charge < -0.3 is 15.4 Å². The number of ether oxygens (including phenoxy) is 1. The van der Waals surface area contributed by atoms with Gasteiger partial charge in [0.05, 0.1) is 11.4 Å². The van der Waals surface area contributed by atoms with Gasteiger partial charge in [0.15, 0.2) is 6.61 Å². The van der Waals surface area contributed by atoms with Crippen LogP contribution >= 0.6 is 15.9 Å². The number of rotatable bonds is 3. The average molecular weight is 351 g/mol. The van der Waals surface area contributed by atoms with Crippen LogP contribution in [0.4, 0.5) is 15.8 Å². The minimum Gasteiger partial charge on any atom is -0.482 e. The van der Waals surface area contributed by atoms with Gasteiger partial charge in [-0.25, -0.2) is 4.39 Å². The van der Waals surface area contributed by atoms with Gasteiger partial charge in [-0.1, -0.05) is 6.07 Å². The second-order valence-corrected chi connectivity index (χ2v) is 5.50. The first kappa shape index (κ1) is 13.9. The second-order valence-electron chi connectivity index (χ2n) is 4.65. The van der Waals surface area contributed by atoms with Gasteiger partial charge in [-0.2, -0.15) is 0 Å². The molecular weight excluding hydrogens is 339 g/mol. The molecule has 0 aliphatic carbocycles. The van der Waals surface area contributed by atoms with Gasteiger partial charge in [0.2, 0.25) is 0 Å². The molecule has 0 atom stereocenters. The molecule has 1 heterocycles. The molecule has 1 aliphatic heterocycles. The summed E-state index contributed by atoms with van der Waals surface area (Å²) in [6.45, 7) is 0.548. The van der Waals surface area contributed by atoms with Crippen molar-refractivity contribution >= 4 is 33.2 Å². The Morgan fingerprint density at radius 1 is 1.29 bits per heavy atom. The third-order valence-corrected chi connectivity index (χ3v) is 3.78. The number of anilines is 2. The first-order chi connectivity index (χ1) is 10.1. The van der Waals surface area contributed by atoms with Crippen LogP contribution in [0.3, 0.4) is 0 Å². The van der Waals surface area contributed by atoms with Crippen LogP contribution in [0.25, 0.3) is 0 Å². The van der Waals surface area contributed by atoms with E-state index < -0.39 is 0 Å². The molecule has 0 spiro atoms. The maximum atomic E-state index is 13.2. The highest BCUT2D eigenvalue weighted by Crippen LogP contribution is 2.29. The standard InChI is InChI=1S/C15H12BrFN2O2/c16-11-3-2-10(17)6-12(11)18-7-9-1-4-14-13(5-9)19-15(20)8-21-14/h1-6,18H,7-8H2,(H,19,20). The van der Waals surface area contributed by atoms with Crippen molar-refractivity contribution in [2.24, 2.45) is 0 Å². The molecule has 2 aromatic rings. The topological polar surface area (TPSA) is 50.4 Å². The summed E-state index contributed by atoms with van der Waals surface area (Å²) in [6.07, 6.45) is 0. The summed E-state index contributed by atoms with van der Waals surface area (Å²) in [6, 6.07) is 10.0. The summed E-state index contributed by atoms with van der Waals surface area (Å²) in [5.74, 6) is 0.192. The number of amides is 1. The SMILES string of the molecule is O=C1COc2ccc(CNc3cc(F)ccc3Br)cc2N1. The second kappa shape index (κ2) is 5.73. The van der Waals surface area contributed by atoms with E-state index in [9.17, 15) is 9.18 Å². The maximum absolute atomic E-state index is 13.2. The molecule has 0 aromatic heterocycles. The van der Waals surface area contributed by atoms with Crippen LogP contribution in [0.2, 0.25) is 0 Å². The van der Waals surface area contributed by atoms with Crippen molar-refractivity contribution in [3.05, 3.63) is 52.3 Å². The van der Waals surface area contributed by atoms with Crippen molar-refractivity contribution in [1.29, 1.82) is 0 Å². The molecule has 0 fully saturated rings. The Bertz CT molecular complexity index is 706.